The zero-order valence-corrected chi connectivity index (χ0v) is 18.4. The molecule has 5 rings (SSSR count). The molecule has 2 aliphatic rings. The number of amides is 2. The number of benzene rings is 3. The van der Waals surface area contributed by atoms with Gasteiger partial charge in [0.25, 0.3) is 5.91 Å². The molecule has 0 bridgehead atoms. The molecule has 3 aromatic carbocycles. The third-order valence-corrected chi connectivity index (χ3v) is 6.57. The summed E-state index contributed by atoms with van der Waals surface area (Å²) in [5.41, 5.74) is 5.01. The maximum Gasteiger partial charge on any atom is 0.408 e. The Hall–Kier alpha value is -4.13. The minimum Gasteiger partial charge on any atom is -0.480 e. The number of carboxylic acid groups (broad SMARTS) is 1. The quantitative estimate of drug-likeness (QED) is 0.586. The second-order valence-corrected chi connectivity index (χ2v) is 8.49. The normalized spacial score (nSPS) is 17.2. The third-order valence-electron chi connectivity index (χ3n) is 6.57. The molecule has 1 aliphatic carbocycles. The number of aliphatic carboxylic acids is 1. The fourth-order valence-corrected chi connectivity index (χ4v) is 4.76. The highest BCUT2D eigenvalue weighted by atomic mass is 16.5. The molecule has 1 heterocycles. The highest BCUT2D eigenvalue weighted by molar-refractivity contribution is 5.91. The second kappa shape index (κ2) is 9.02. The van der Waals surface area contributed by atoms with Crippen LogP contribution in [0.4, 0.5) is 4.79 Å². The smallest absolute Gasteiger partial charge is 0.408 e. The standard InChI is InChI=1S/C27H24N2O5/c30-25(29-15-14-23(29)26(31)32)24(17-8-2-1-3-9-17)28-27(33)34-16-22-20-12-6-4-10-18(20)19-11-5-7-13-21(19)22/h1-13,22-24H,14-16H2,(H,28,33)(H,31,32). The van der Waals surface area contributed by atoms with Crippen molar-refractivity contribution in [3.8, 4) is 11.1 Å². The summed E-state index contributed by atoms with van der Waals surface area (Å²) in [6.45, 7) is 0.461. The van der Waals surface area contributed by atoms with Gasteiger partial charge in [0.15, 0.2) is 0 Å². The molecule has 2 N–H and O–H groups in total. The van der Waals surface area contributed by atoms with Crippen molar-refractivity contribution in [2.45, 2.75) is 24.4 Å². The lowest BCUT2D eigenvalue weighted by atomic mass is 9.98. The maximum atomic E-state index is 13.2. The summed E-state index contributed by atoms with van der Waals surface area (Å²) in [7, 11) is 0. The van der Waals surface area contributed by atoms with E-state index >= 15 is 0 Å². The predicted molar refractivity (Wildman–Crippen MR) is 125 cm³/mol. The maximum absolute atomic E-state index is 13.2. The molecule has 7 heteroatoms. The van der Waals surface area contributed by atoms with Crippen LogP contribution in [0.15, 0.2) is 78.9 Å². The first-order chi connectivity index (χ1) is 16.5. The number of hydrogen-bond donors (Lipinski definition) is 2. The second-order valence-electron chi connectivity index (χ2n) is 8.49. The van der Waals surface area contributed by atoms with Gasteiger partial charge in [0.05, 0.1) is 0 Å². The van der Waals surface area contributed by atoms with Gasteiger partial charge in [-0.05, 0) is 34.2 Å². The van der Waals surface area contributed by atoms with E-state index in [0.29, 0.717) is 18.5 Å². The van der Waals surface area contributed by atoms with Crippen LogP contribution in [-0.2, 0) is 14.3 Å². The number of carboxylic acids is 1. The van der Waals surface area contributed by atoms with Crippen molar-refractivity contribution in [2.24, 2.45) is 0 Å². The van der Waals surface area contributed by atoms with E-state index in [2.05, 4.69) is 17.4 Å². The van der Waals surface area contributed by atoms with E-state index in [4.69, 9.17) is 4.74 Å². The van der Waals surface area contributed by atoms with Crippen molar-refractivity contribution >= 4 is 18.0 Å². The van der Waals surface area contributed by atoms with E-state index in [1.165, 1.54) is 4.90 Å². The Kier molecular flexibility index (Phi) is 5.76. The molecule has 7 nitrogen and oxygen atoms in total. The molecule has 0 aromatic heterocycles. The monoisotopic (exact) mass is 456 g/mol. The van der Waals surface area contributed by atoms with Crippen LogP contribution in [0.3, 0.4) is 0 Å². The molecule has 1 saturated heterocycles. The van der Waals surface area contributed by atoms with Crippen LogP contribution < -0.4 is 5.32 Å². The number of nitrogens with one attached hydrogen (secondary N) is 1. The number of carbonyl (C=O) groups is 3. The number of nitrogens with zero attached hydrogens (tertiary/aromatic N) is 1. The van der Waals surface area contributed by atoms with Gasteiger partial charge in [-0.3, -0.25) is 4.79 Å². The minimum atomic E-state index is -1.05. The van der Waals surface area contributed by atoms with Crippen LogP contribution in [0.2, 0.25) is 0 Å². The summed E-state index contributed by atoms with van der Waals surface area (Å²) in [6, 6.07) is 23.0. The van der Waals surface area contributed by atoms with E-state index < -0.39 is 30.1 Å². The molecular weight excluding hydrogens is 432 g/mol. The molecule has 1 aliphatic heterocycles. The van der Waals surface area contributed by atoms with Gasteiger partial charge >= 0.3 is 12.1 Å². The lowest BCUT2D eigenvalue weighted by molar-refractivity contribution is -0.158. The average Bonchev–Trinajstić information content (AvgIpc) is 3.14. The van der Waals surface area contributed by atoms with Crippen LogP contribution in [0, 0.1) is 0 Å². The van der Waals surface area contributed by atoms with Gasteiger partial charge in [-0.25, -0.2) is 9.59 Å². The van der Waals surface area contributed by atoms with E-state index in [9.17, 15) is 19.5 Å². The largest absolute Gasteiger partial charge is 0.480 e. The van der Waals surface area contributed by atoms with Crippen LogP contribution in [0.5, 0.6) is 0 Å². The molecule has 0 radical (unpaired) electrons. The highest BCUT2D eigenvalue weighted by Crippen LogP contribution is 2.44. The molecule has 3 aromatic rings. The Morgan fingerprint density at radius 1 is 0.912 bits per heavy atom. The van der Waals surface area contributed by atoms with E-state index in [0.717, 1.165) is 22.3 Å². The Balaban J connectivity index is 1.32. The number of rotatable bonds is 6. The van der Waals surface area contributed by atoms with Crippen molar-refractivity contribution in [2.75, 3.05) is 13.2 Å². The van der Waals surface area contributed by atoms with Gasteiger partial charge in [-0.1, -0.05) is 78.9 Å². The third kappa shape index (κ3) is 3.90. The fraction of sp³-hybridized carbons (Fsp3) is 0.222. The molecule has 2 unspecified atom stereocenters. The predicted octanol–water partition coefficient (Wildman–Crippen LogP) is 3.95. The Morgan fingerprint density at radius 2 is 1.50 bits per heavy atom. The number of likely N-dealkylation sites (tertiary alicyclic amines) is 1. The number of hydrogen-bond acceptors (Lipinski definition) is 4. The molecule has 2 amide bonds. The Morgan fingerprint density at radius 3 is 2.06 bits per heavy atom. The van der Waals surface area contributed by atoms with E-state index in [1.54, 1.807) is 24.3 Å². The van der Waals surface area contributed by atoms with Crippen LogP contribution in [0.1, 0.15) is 35.1 Å². The number of fused-ring (bicyclic) bond motifs is 3. The van der Waals surface area contributed by atoms with Gasteiger partial charge in [-0.2, -0.15) is 0 Å². The molecule has 1 fully saturated rings. The zero-order valence-electron chi connectivity index (χ0n) is 18.4. The first-order valence-corrected chi connectivity index (χ1v) is 11.2. The minimum absolute atomic E-state index is 0.101. The summed E-state index contributed by atoms with van der Waals surface area (Å²) in [5, 5.41) is 12.0. The van der Waals surface area contributed by atoms with Crippen LogP contribution in [0.25, 0.3) is 11.1 Å². The summed E-state index contributed by atoms with van der Waals surface area (Å²) in [4.78, 5) is 38.7. The van der Waals surface area contributed by atoms with E-state index in [1.807, 2.05) is 42.5 Å². The van der Waals surface area contributed by atoms with Crippen molar-refractivity contribution < 1.29 is 24.2 Å². The Labute approximate surface area is 197 Å². The van der Waals surface area contributed by atoms with Gasteiger partial charge in [0.2, 0.25) is 0 Å². The highest BCUT2D eigenvalue weighted by Gasteiger charge is 2.41. The van der Waals surface area contributed by atoms with Gasteiger partial charge in [0, 0.05) is 12.5 Å². The summed E-state index contributed by atoms with van der Waals surface area (Å²) in [5.74, 6) is -1.61. The fourth-order valence-electron chi connectivity index (χ4n) is 4.76. The summed E-state index contributed by atoms with van der Waals surface area (Å²) < 4.78 is 5.61. The first kappa shape index (κ1) is 21.7. The average molecular weight is 456 g/mol. The van der Waals surface area contributed by atoms with Gasteiger partial charge in [-0.15, -0.1) is 0 Å². The van der Waals surface area contributed by atoms with Crippen molar-refractivity contribution in [3.05, 3.63) is 95.6 Å². The lowest BCUT2D eigenvalue weighted by Gasteiger charge is -2.40. The van der Waals surface area contributed by atoms with Crippen molar-refractivity contribution in [1.82, 2.24) is 10.2 Å². The van der Waals surface area contributed by atoms with Gasteiger partial charge in [0.1, 0.15) is 18.7 Å². The molecule has 2 atom stereocenters. The van der Waals surface area contributed by atoms with Crippen LogP contribution >= 0.6 is 0 Å². The topological polar surface area (TPSA) is 95.9 Å². The first-order valence-electron chi connectivity index (χ1n) is 11.2. The molecule has 172 valence electrons. The SMILES string of the molecule is O=C(NC(C(=O)N1CCC1C(=O)O)c1ccccc1)OCC1c2ccccc2-c2ccccc21. The summed E-state index contributed by atoms with van der Waals surface area (Å²) in [6.07, 6.45) is -0.329. The molecule has 0 saturated carbocycles. The van der Waals surface area contributed by atoms with Crippen molar-refractivity contribution in [3.63, 3.8) is 0 Å². The number of carbonyl (C=O) groups excluding carboxylic acids is 2. The number of alkyl carbamates (subject to hydrolysis) is 1. The summed E-state index contributed by atoms with van der Waals surface area (Å²) >= 11 is 0. The molecule has 0 spiro atoms. The van der Waals surface area contributed by atoms with E-state index in [-0.39, 0.29) is 12.5 Å². The van der Waals surface area contributed by atoms with Gasteiger partial charge < -0.3 is 20.1 Å². The van der Waals surface area contributed by atoms with Crippen molar-refractivity contribution in [1.29, 1.82) is 0 Å². The zero-order chi connectivity index (χ0) is 23.7. The Bertz CT molecular complexity index is 1200. The molecular formula is C27H24N2O5. The van der Waals surface area contributed by atoms with Crippen LogP contribution in [-0.4, -0.2) is 47.2 Å². The lowest BCUT2D eigenvalue weighted by Crippen LogP contribution is -2.58. The molecule has 34 heavy (non-hydrogen) atoms. The number of ether oxygens (including phenoxy) is 1.